The van der Waals surface area contributed by atoms with Gasteiger partial charge in [-0.1, -0.05) is 23.2 Å². The molecule has 82 valence electrons. The molecule has 2 nitrogen and oxygen atoms in total. The maximum atomic E-state index is 11.9. The van der Waals surface area contributed by atoms with Gasteiger partial charge in [-0.3, -0.25) is 4.79 Å². The van der Waals surface area contributed by atoms with Crippen LogP contribution in [0.25, 0.3) is 0 Å². The van der Waals surface area contributed by atoms with Crippen LogP contribution in [-0.4, -0.2) is 5.78 Å². The van der Waals surface area contributed by atoms with Crippen LogP contribution < -0.4 is 0 Å². The first kappa shape index (κ1) is 11.2. The highest BCUT2D eigenvalue weighted by Crippen LogP contribution is 2.24. The molecule has 0 bridgehead atoms. The minimum atomic E-state index is -0.202. The Morgan fingerprint density at radius 2 is 1.88 bits per heavy atom. The number of hydrogen-bond acceptors (Lipinski definition) is 2. The second-order valence-corrected chi connectivity index (χ2v) is 4.18. The van der Waals surface area contributed by atoms with Crippen molar-refractivity contribution in [1.82, 2.24) is 0 Å². The van der Waals surface area contributed by atoms with E-state index in [1.807, 2.05) is 0 Å². The van der Waals surface area contributed by atoms with Crippen molar-refractivity contribution in [1.29, 1.82) is 0 Å². The van der Waals surface area contributed by atoms with Crippen LogP contribution in [-0.2, 0) is 0 Å². The van der Waals surface area contributed by atoms with E-state index in [4.69, 9.17) is 27.6 Å². The highest BCUT2D eigenvalue weighted by molar-refractivity contribution is 6.42. The number of furan rings is 1. The number of carbonyl (C=O) groups is 1. The lowest BCUT2D eigenvalue weighted by Gasteiger charge is -2.00. The van der Waals surface area contributed by atoms with Gasteiger partial charge in [0.05, 0.1) is 10.0 Å². The molecule has 0 radical (unpaired) electrons. The van der Waals surface area contributed by atoms with Crippen molar-refractivity contribution in [3.63, 3.8) is 0 Å². The number of carbonyl (C=O) groups excluding carboxylic acids is 1. The molecule has 0 spiro atoms. The molecule has 0 fully saturated rings. The van der Waals surface area contributed by atoms with Gasteiger partial charge in [0.2, 0.25) is 5.78 Å². The quantitative estimate of drug-likeness (QED) is 0.755. The summed E-state index contributed by atoms with van der Waals surface area (Å²) in [5, 5.41) is 0.782. The molecule has 0 N–H and O–H groups in total. The van der Waals surface area contributed by atoms with E-state index in [9.17, 15) is 4.79 Å². The van der Waals surface area contributed by atoms with Crippen molar-refractivity contribution in [2.24, 2.45) is 0 Å². The summed E-state index contributed by atoms with van der Waals surface area (Å²) in [4.78, 5) is 11.9. The average molecular weight is 255 g/mol. The number of ketones is 1. The van der Waals surface area contributed by atoms with E-state index in [1.165, 1.54) is 6.07 Å². The number of rotatable bonds is 2. The average Bonchev–Trinajstić information content (AvgIpc) is 2.68. The van der Waals surface area contributed by atoms with Gasteiger partial charge in [-0.2, -0.15) is 0 Å². The molecular formula is C12H8Cl2O2. The van der Waals surface area contributed by atoms with Gasteiger partial charge in [-0.25, -0.2) is 0 Å². The second-order valence-electron chi connectivity index (χ2n) is 3.37. The molecule has 0 aliphatic carbocycles. The molecule has 0 unspecified atom stereocenters. The van der Waals surface area contributed by atoms with Crippen LogP contribution >= 0.6 is 23.2 Å². The van der Waals surface area contributed by atoms with Crippen molar-refractivity contribution in [3.8, 4) is 0 Å². The Morgan fingerprint density at radius 3 is 2.44 bits per heavy atom. The van der Waals surface area contributed by atoms with Gasteiger partial charge in [0.1, 0.15) is 5.76 Å². The largest absolute Gasteiger partial charge is 0.458 e. The van der Waals surface area contributed by atoms with Crippen molar-refractivity contribution in [2.75, 3.05) is 0 Å². The fraction of sp³-hybridized carbons (Fsp3) is 0.0833. The summed E-state index contributed by atoms with van der Waals surface area (Å²) in [6.45, 7) is 1.78. The summed E-state index contributed by atoms with van der Waals surface area (Å²) >= 11 is 11.6. The normalized spacial score (nSPS) is 10.4. The Balaban J connectivity index is 2.38. The van der Waals surface area contributed by atoms with Gasteiger partial charge in [0.15, 0.2) is 5.76 Å². The highest BCUT2D eigenvalue weighted by atomic mass is 35.5. The molecule has 1 aromatic heterocycles. The number of aryl methyl sites for hydroxylation is 1. The van der Waals surface area contributed by atoms with Gasteiger partial charge in [-0.05, 0) is 37.3 Å². The van der Waals surface area contributed by atoms with Crippen molar-refractivity contribution in [2.45, 2.75) is 6.92 Å². The Hall–Kier alpha value is -1.25. The van der Waals surface area contributed by atoms with E-state index in [2.05, 4.69) is 0 Å². The van der Waals surface area contributed by atoms with Crippen LogP contribution in [0.3, 0.4) is 0 Å². The lowest BCUT2D eigenvalue weighted by molar-refractivity contribution is 0.101. The summed E-state index contributed by atoms with van der Waals surface area (Å²) in [5.74, 6) is 0.797. The van der Waals surface area contributed by atoms with Gasteiger partial charge in [-0.15, -0.1) is 0 Å². The number of halogens is 2. The molecule has 0 saturated carbocycles. The lowest BCUT2D eigenvalue weighted by atomic mass is 10.1. The van der Waals surface area contributed by atoms with E-state index >= 15 is 0 Å². The van der Waals surface area contributed by atoms with Gasteiger partial charge < -0.3 is 4.42 Å². The van der Waals surface area contributed by atoms with Crippen LogP contribution in [0, 0.1) is 6.92 Å². The zero-order valence-electron chi connectivity index (χ0n) is 8.46. The van der Waals surface area contributed by atoms with E-state index < -0.39 is 0 Å². The molecule has 0 atom stereocenters. The standard InChI is InChI=1S/C12H8Cl2O2/c1-7-2-5-11(16-7)12(15)8-3-4-9(13)10(14)6-8/h2-6H,1H3. The highest BCUT2D eigenvalue weighted by Gasteiger charge is 2.13. The fourth-order valence-electron chi connectivity index (χ4n) is 1.34. The first-order chi connectivity index (χ1) is 7.58. The zero-order chi connectivity index (χ0) is 11.7. The molecule has 4 heteroatoms. The lowest BCUT2D eigenvalue weighted by Crippen LogP contribution is -1.99. The smallest absolute Gasteiger partial charge is 0.228 e. The van der Waals surface area contributed by atoms with Crippen molar-refractivity contribution < 1.29 is 9.21 Å². The molecular weight excluding hydrogens is 247 g/mol. The first-order valence-corrected chi connectivity index (χ1v) is 5.39. The van der Waals surface area contributed by atoms with Gasteiger partial charge >= 0.3 is 0 Å². The third-order valence-electron chi connectivity index (χ3n) is 2.15. The third kappa shape index (κ3) is 2.13. The number of benzene rings is 1. The van der Waals surface area contributed by atoms with E-state index in [-0.39, 0.29) is 5.78 Å². The first-order valence-electron chi connectivity index (χ1n) is 4.64. The fourth-order valence-corrected chi connectivity index (χ4v) is 1.63. The van der Waals surface area contributed by atoms with E-state index in [1.54, 1.807) is 31.2 Å². The van der Waals surface area contributed by atoms with Crippen LogP contribution in [0.5, 0.6) is 0 Å². The SMILES string of the molecule is Cc1ccc(C(=O)c2ccc(Cl)c(Cl)c2)o1. The summed E-state index contributed by atoms with van der Waals surface area (Å²) in [6, 6.07) is 8.12. The summed E-state index contributed by atoms with van der Waals surface area (Å²) in [5.41, 5.74) is 0.462. The molecule has 2 aromatic rings. The summed E-state index contributed by atoms with van der Waals surface area (Å²) in [7, 11) is 0. The zero-order valence-corrected chi connectivity index (χ0v) is 9.97. The van der Waals surface area contributed by atoms with Crippen LogP contribution in [0.1, 0.15) is 21.9 Å². The minimum absolute atomic E-state index is 0.202. The molecule has 1 aromatic carbocycles. The monoisotopic (exact) mass is 254 g/mol. The van der Waals surface area contributed by atoms with E-state index in [0.717, 1.165) is 0 Å². The molecule has 16 heavy (non-hydrogen) atoms. The topological polar surface area (TPSA) is 30.2 Å². The molecule has 0 saturated heterocycles. The Bertz CT molecular complexity index is 544. The van der Waals surface area contributed by atoms with Crippen LogP contribution in [0.15, 0.2) is 34.7 Å². The molecule has 0 aliphatic rings. The van der Waals surface area contributed by atoms with Crippen LogP contribution in [0.2, 0.25) is 10.0 Å². The van der Waals surface area contributed by atoms with Crippen molar-refractivity contribution >= 4 is 29.0 Å². The molecule has 0 amide bonds. The van der Waals surface area contributed by atoms with Gasteiger partial charge in [0.25, 0.3) is 0 Å². The number of hydrogen-bond donors (Lipinski definition) is 0. The van der Waals surface area contributed by atoms with E-state index in [0.29, 0.717) is 27.1 Å². The summed E-state index contributed by atoms with van der Waals surface area (Å²) < 4.78 is 5.24. The minimum Gasteiger partial charge on any atom is -0.458 e. The maximum absolute atomic E-state index is 11.9. The Kier molecular flexibility index (Phi) is 3.03. The maximum Gasteiger partial charge on any atom is 0.228 e. The Morgan fingerprint density at radius 1 is 1.12 bits per heavy atom. The second kappa shape index (κ2) is 4.32. The Labute approximate surface area is 103 Å². The van der Waals surface area contributed by atoms with Crippen molar-refractivity contribution in [3.05, 3.63) is 57.5 Å². The summed E-state index contributed by atoms with van der Waals surface area (Å²) in [6.07, 6.45) is 0. The van der Waals surface area contributed by atoms with Gasteiger partial charge in [0, 0.05) is 5.56 Å². The molecule has 0 aliphatic heterocycles. The predicted molar refractivity (Wildman–Crippen MR) is 63.3 cm³/mol. The molecule has 2 rings (SSSR count). The molecule has 1 heterocycles. The third-order valence-corrected chi connectivity index (χ3v) is 2.88. The predicted octanol–water partition coefficient (Wildman–Crippen LogP) is 4.13. The van der Waals surface area contributed by atoms with Crippen LogP contribution in [0.4, 0.5) is 0 Å².